The number of hydrogen-bond donors (Lipinski definition) is 2. The highest BCUT2D eigenvalue weighted by Gasteiger charge is 2.56. The minimum Gasteiger partial charge on any atom is -0.507 e. The monoisotopic (exact) mass is 744 g/mol. The van der Waals surface area contributed by atoms with Crippen molar-refractivity contribution in [3.8, 4) is 5.75 Å². The van der Waals surface area contributed by atoms with Crippen molar-refractivity contribution in [2.45, 2.75) is 120 Å². The maximum absolute atomic E-state index is 14.6. The number of allylic oxidation sites excluding steroid dienone is 4. The molecule has 3 unspecified atom stereocenters. The molecule has 0 saturated heterocycles. The van der Waals surface area contributed by atoms with E-state index in [1.165, 1.54) is 11.8 Å². The molecule has 0 saturated carbocycles. The topological polar surface area (TPSA) is 74.6 Å². The first-order valence-corrected chi connectivity index (χ1v) is 20.5. The lowest BCUT2D eigenvalue weighted by molar-refractivity contribution is -0.133. The highest BCUT2D eigenvalue weighted by Crippen LogP contribution is 2.61. The van der Waals surface area contributed by atoms with Crippen LogP contribution in [0.5, 0.6) is 5.75 Å². The van der Waals surface area contributed by atoms with Crippen LogP contribution in [0.4, 0.5) is 0 Å². The van der Waals surface area contributed by atoms with Crippen molar-refractivity contribution in [2.75, 3.05) is 0 Å². The Hall–Kier alpha value is -2.87. The number of benzene rings is 1. The molecule has 3 aromatic rings. The molecule has 0 bridgehead atoms. The third-order valence-electron chi connectivity index (χ3n) is 11.3. The molecule has 0 radical (unpaired) electrons. The third-order valence-corrected chi connectivity index (χ3v) is 14.7. The fraction of sp³-hybridized carbons (Fsp3) is 0.500. The molecule has 2 aromatic heterocycles. The van der Waals surface area contributed by atoms with E-state index in [0.29, 0.717) is 16.2 Å². The van der Waals surface area contributed by atoms with Gasteiger partial charge in [-0.3, -0.25) is 9.59 Å². The number of hydrogen-bond acceptors (Lipinski definition) is 7. The van der Waals surface area contributed by atoms with Crippen LogP contribution in [0.2, 0.25) is 0 Å². The zero-order valence-corrected chi connectivity index (χ0v) is 35.4. The number of thioether (sulfide) groups is 1. The molecule has 2 aliphatic rings. The molecule has 1 aliphatic heterocycles. The summed E-state index contributed by atoms with van der Waals surface area (Å²) in [7, 11) is 0. The number of thiophene rings is 2. The Morgan fingerprint density at radius 3 is 1.78 bits per heavy atom. The van der Waals surface area contributed by atoms with Crippen molar-refractivity contribution in [3.05, 3.63) is 101 Å². The summed E-state index contributed by atoms with van der Waals surface area (Å²) in [6.07, 6.45) is 2.74. The molecule has 1 aromatic carbocycles. The van der Waals surface area contributed by atoms with Gasteiger partial charge in [0, 0.05) is 42.2 Å². The second-order valence-electron chi connectivity index (χ2n) is 18.9. The van der Waals surface area contributed by atoms with Gasteiger partial charge in [0.25, 0.3) is 0 Å². The maximum Gasteiger partial charge on any atom is 0.235 e. The van der Waals surface area contributed by atoms with Gasteiger partial charge in [-0.2, -0.15) is 0 Å². The third kappa shape index (κ3) is 6.76. The summed E-state index contributed by atoms with van der Waals surface area (Å²) < 4.78 is 0. The van der Waals surface area contributed by atoms with Crippen LogP contribution >= 0.6 is 34.4 Å². The van der Waals surface area contributed by atoms with Crippen molar-refractivity contribution in [3.63, 3.8) is 0 Å². The summed E-state index contributed by atoms with van der Waals surface area (Å²) in [5.41, 5.74) is 1.10. The normalized spacial score (nSPS) is 23.1. The number of Topliss-reactive ketones (excluding diaryl/α,β-unsaturated/α-hetero) is 2. The van der Waals surface area contributed by atoms with E-state index >= 15 is 0 Å². The predicted octanol–water partition coefficient (Wildman–Crippen LogP) is 12.5. The smallest absolute Gasteiger partial charge is 0.235 e. The van der Waals surface area contributed by atoms with Crippen molar-refractivity contribution in [1.29, 1.82) is 0 Å². The van der Waals surface area contributed by atoms with Gasteiger partial charge in [0.1, 0.15) is 5.75 Å². The van der Waals surface area contributed by atoms with Crippen LogP contribution in [-0.4, -0.2) is 21.8 Å². The van der Waals surface area contributed by atoms with Gasteiger partial charge in [-0.15, -0.1) is 22.7 Å². The van der Waals surface area contributed by atoms with Crippen LogP contribution < -0.4 is 0 Å². The summed E-state index contributed by atoms with van der Waals surface area (Å²) in [5, 5.41) is 27.8. The Balaban J connectivity index is 1.80. The number of carbonyl (C=O) groups excluding carboxylic acids is 2. The number of aliphatic hydroxyl groups is 1. The number of carbonyl (C=O) groups is 2. The molecule has 0 fully saturated rings. The Morgan fingerprint density at radius 2 is 1.33 bits per heavy atom. The quantitative estimate of drug-likeness (QED) is 0.254. The van der Waals surface area contributed by atoms with Gasteiger partial charge in [-0.1, -0.05) is 120 Å². The predicted molar refractivity (Wildman–Crippen MR) is 218 cm³/mol. The van der Waals surface area contributed by atoms with Crippen molar-refractivity contribution in [2.24, 2.45) is 22.2 Å². The Bertz CT molecular complexity index is 1910. The number of ketones is 2. The van der Waals surface area contributed by atoms with Crippen LogP contribution in [0.15, 0.2) is 74.4 Å². The Morgan fingerprint density at radius 1 is 0.784 bits per heavy atom. The van der Waals surface area contributed by atoms with Gasteiger partial charge < -0.3 is 10.2 Å². The molecule has 3 heterocycles. The zero-order valence-electron chi connectivity index (χ0n) is 32.9. The molecule has 4 nitrogen and oxygen atoms in total. The summed E-state index contributed by atoms with van der Waals surface area (Å²) in [5.74, 6) is -0.345. The number of phenolic OH excluding ortho intramolecular Hbond substituents is 1. The second kappa shape index (κ2) is 12.9. The fourth-order valence-electron chi connectivity index (χ4n) is 7.46. The molecule has 274 valence electrons. The highest BCUT2D eigenvalue weighted by molar-refractivity contribution is 8.08. The van der Waals surface area contributed by atoms with E-state index in [2.05, 4.69) is 109 Å². The molecule has 0 spiro atoms. The summed E-state index contributed by atoms with van der Waals surface area (Å²) in [4.78, 5) is 32.0. The molecule has 7 heteroatoms. The fourth-order valence-corrected chi connectivity index (χ4v) is 10.7. The first-order valence-electron chi connectivity index (χ1n) is 17.9. The molecule has 0 amide bonds. The number of phenols is 1. The maximum atomic E-state index is 14.6. The number of aliphatic hydroxyl groups excluding tert-OH is 1. The van der Waals surface area contributed by atoms with Gasteiger partial charge >= 0.3 is 0 Å². The second-order valence-corrected chi connectivity index (χ2v) is 21.9. The standard InChI is InChI=1S/C44H56O4S3/c1-39(2,3)27-21-25(22-28(33(27)45)40(4,5)6)32(30-17-15-19-49-30)36-34(46)35(47)38(51-36)44(14,31-18-16-20-50-31)26-23-29(41(7,8)9)37(48)43(13,24-26)42(10,11)12/h15-23,26,45,47H,24H2,1-14H3. The molecule has 3 atom stereocenters. The molecular formula is C44H56O4S3. The summed E-state index contributed by atoms with van der Waals surface area (Å²) >= 11 is 4.55. The van der Waals surface area contributed by atoms with Gasteiger partial charge in [0.2, 0.25) is 5.78 Å². The van der Waals surface area contributed by atoms with Crippen LogP contribution in [0.3, 0.4) is 0 Å². The van der Waals surface area contributed by atoms with E-state index in [1.54, 1.807) is 22.7 Å². The van der Waals surface area contributed by atoms with Crippen LogP contribution in [0.25, 0.3) is 5.57 Å². The first kappa shape index (κ1) is 39.3. The Labute approximate surface area is 318 Å². The van der Waals surface area contributed by atoms with Gasteiger partial charge in [-0.05, 0) is 87.1 Å². The molecule has 51 heavy (non-hydrogen) atoms. The largest absolute Gasteiger partial charge is 0.507 e. The minimum absolute atomic E-state index is 0.178. The SMILES string of the molecule is CC(C)(C)C1=CC(C(C)(C2=C(O)C(=O)C(=C(c3cc(C(C)(C)C)c(O)c(C(C)(C)C)c3)c3cccs3)S2)c2cccs2)CC(C)(C(C)(C)C)C1=O. The zero-order chi connectivity index (χ0) is 38.3. The van der Waals surface area contributed by atoms with Gasteiger partial charge in [0.05, 0.1) is 4.91 Å². The van der Waals surface area contributed by atoms with Gasteiger partial charge in [0.15, 0.2) is 11.5 Å². The molecule has 5 rings (SSSR count). The average molecular weight is 745 g/mol. The van der Waals surface area contributed by atoms with Crippen LogP contribution in [0, 0.1) is 22.2 Å². The van der Waals surface area contributed by atoms with Crippen molar-refractivity contribution in [1.82, 2.24) is 0 Å². The molecule has 2 N–H and O–H groups in total. The van der Waals surface area contributed by atoms with Crippen LogP contribution in [-0.2, 0) is 25.8 Å². The average Bonchev–Trinajstić information content (AvgIpc) is 3.77. The first-order chi connectivity index (χ1) is 23.2. The molecule has 1 aliphatic carbocycles. The lowest BCUT2D eigenvalue weighted by atomic mass is 9.52. The minimum atomic E-state index is -0.799. The van der Waals surface area contributed by atoms with E-state index in [9.17, 15) is 19.8 Å². The van der Waals surface area contributed by atoms with Crippen molar-refractivity contribution < 1.29 is 19.8 Å². The Kier molecular flexibility index (Phi) is 9.96. The highest BCUT2D eigenvalue weighted by atomic mass is 32.2. The van der Waals surface area contributed by atoms with Crippen LogP contribution in [0.1, 0.15) is 130 Å². The lowest BCUT2D eigenvalue weighted by Crippen LogP contribution is -2.50. The number of aromatic hydroxyl groups is 1. The summed E-state index contributed by atoms with van der Waals surface area (Å²) in [6.45, 7) is 29.5. The van der Waals surface area contributed by atoms with E-state index in [4.69, 9.17) is 0 Å². The van der Waals surface area contributed by atoms with Gasteiger partial charge in [-0.25, -0.2) is 0 Å². The van der Waals surface area contributed by atoms with E-state index < -0.39 is 16.6 Å². The summed E-state index contributed by atoms with van der Waals surface area (Å²) in [6, 6.07) is 12.2. The van der Waals surface area contributed by atoms with E-state index in [0.717, 1.165) is 37.6 Å². The van der Waals surface area contributed by atoms with E-state index in [1.807, 2.05) is 41.1 Å². The molecular weight excluding hydrogens is 689 g/mol. The van der Waals surface area contributed by atoms with E-state index in [-0.39, 0.29) is 44.9 Å². The lowest BCUT2D eigenvalue weighted by Gasteiger charge is -2.51. The number of rotatable bonds is 5. The van der Waals surface area contributed by atoms with Crippen molar-refractivity contribution >= 4 is 51.6 Å².